The van der Waals surface area contributed by atoms with Gasteiger partial charge in [-0.25, -0.2) is 9.97 Å². The van der Waals surface area contributed by atoms with Crippen molar-refractivity contribution in [1.82, 2.24) is 14.9 Å². The van der Waals surface area contributed by atoms with Crippen molar-refractivity contribution in [2.75, 3.05) is 38.7 Å². The first-order chi connectivity index (χ1) is 12.0. The lowest BCUT2D eigenvalue weighted by molar-refractivity contribution is -0.139. The van der Waals surface area contributed by atoms with E-state index >= 15 is 0 Å². The van der Waals surface area contributed by atoms with Gasteiger partial charge < -0.3 is 19.0 Å². The van der Waals surface area contributed by atoms with Crippen molar-refractivity contribution >= 4 is 11.9 Å². The fourth-order valence-electron chi connectivity index (χ4n) is 2.82. The zero-order chi connectivity index (χ0) is 17.8. The minimum atomic E-state index is -0.217. The molecule has 134 valence electrons. The van der Waals surface area contributed by atoms with Crippen LogP contribution in [0.5, 0.6) is 0 Å². The summed E-state index contributed by atoms with van der Waals surface area (Å²) in [6.07, 6.45) is 2.56. The Balaban J connectivity index is 1.60. The second kappa shape index (κ2) is 7.65. The lowest BCUT2D eigenvalue weighted by Crippen LogP contribution is -2.42. The Morgan fingerprint density at radius 2 is 2.20 bits per heavy atom. The smallest absolute Gasteiger partial charge is 0.225 e. The third-order valence-electron chi connectivity index (χ3n) is 4.19. The molecule has 0 unspecified atom stereocenters. The number of hydrogen-bond donors (Lipinski definition) is 0. The first kappa shape index (κ1) is 17.4. The summed E-state index contributed by atoms with van der Waals surface area (Å²) in [7, 11) is 3.79. The lowest BCUT2D eigenvalue weighted by atomic mass is 10.1. The van der Waals surface area contributed by atoms with E-state index in [1.54, 1.807) is 6.20 Å². The number of rotatable bonds is 5. The Kier molecular flexibility index (Phi) is 5.33. The monoisotopic (exact) mass is 344 g/mol. The molecule has 7 nitrogen and oxygen atoms in total. The standard InChI is InChI=1S/C18H24N4O3/c1-13-4-5-14(25-13)6-7-17(23)22-10-11-24-16(12-22)15-8-9-19-18(20-15)21(2)3/h4-5,8-9,16H,6-7,10-12H2,1-3H3/t16-/m0/s1. The number of morpholine rings is 1. The number of furan rings is 1. The van der Waals surface area contributed by atoms with Crippen LogP contribution in [0.4, 0.5) is 5.95 Å². The van der Waals surface area contributed by atoms with Gasteiger partial charge in [0.15, 0.2) is 0 Å². The van der Waals surface area contributed by atoms with E-state index < -0.39 is 0 Å². The van der Waals surface area contributed by atoms with Crippen LogP contribution in [0, 0.1) is 6.92 Å². The molecule has 2 aromatic heterocycles. The predicted octanol–water partition coefficient (Wildman–Crippen LogP) is 1.98. The van der Waals surface area contributed by atoms with Gasteiger partial charge in [0, 0.05) is 39.7 Å². The number of anilines is 1. The van der Waals surface area contributed by atoms with Crippen molar-refractivity contribution in [3.05, 3.63) is 41.6 Å². The number of hydrogen-bond acceptors (Lipinski definition) is 6. The van der Waals surface area contributed by atoms with Gasteiger partial charge in [-0.2, -0.15) is 0 Å². The normalized spacial score (nSPS) is 17.6. The third-order valence-corrected chi connectivity index (χ3v) is 4.19. The highest BCUT2D eigenvalue weighted by Crippen LogP contribution is 2.22. The van der Waals surface area contributed by atoms with E-state index in [0.717, 1.165) is 17.2 Å². The highest BCUT2D eigenvalue weighted by Gasteiger charge is 2.26. The van der Waals surface area contributed by atoms with Crippen molar-refractivity contribution < 1.29 is 13.9 Å². The van der Waals surface area contributed by atoms with Gasteiger partial charge in [0.05, 0.1) is 18.8 Å². The molecule has 0 radical (unpaired) electrons. The largest absolute Gasteiger partial charge is 0.466 e. The van der Waals surface area contributed by atoms with E-state index in [4.69, 9.17) is 9.15 Å². The minimum Gasteiger partial charge on any atom is -0.466 e. The SMILES string of the molecule is Cc1ccc(CCC(=O)N2CCO[C@H](c3ccnc(N(C)C)n3)C2)o1. The van der Waals surface area contributed by atoms with Gasteiger partial charge in [-0.3, -0.25) is 4.79 Å². The number of aryl methyl sites for hydroxylation is 2. The lowest BCUT2D eigenvalue weighted by Gasteiger charge is -2.33. The highest BCUT2D eigenvalue weighted by molar-refractivity contribution is 5.76. The van der Waals surface area contributed by atoms with Crippen molar-refractivity contribution in [2.45, 2.75) is 25.9 Å². The number of carbonyl (C=O) groups excluding carboxylic acids is 1. The fourth-order valence-corrected chi connectivity index (χ4v) is 2.82. The van der Waals surface area contributed by atoms with Crippen LogP contribution in [0.15, 0.2) is 28.8 Å². The summed E-state index contributed by atoms with van der Waals surface area (Å²) in [5.41, 5.74) is 0.804. The Morgan fingerprint density at radius 3 is 2.92 bits per heavy atom. The van der Waals surface area contributed by atoms with Crippen LogP contribution in [-0.4, -0.2) is 54.6 Å². The molecule has 25 heavy (non-hydrogen) atoms. The van der Waals surface area contributed by atoms with E-state index in [9.17, 15) is 4.79 Å². The minimum absolute atomic E-state index is 0.115. The van der Waals surface area contributed by atoms with Crippen molar-refractivity contribution in [3.8, 4) is 0 Å². The molecule has 0 spiro atoms. The molecular weight excluding hydrogens is 320 g/mol. The molecule has 0 N–H and O–H groups in total. The van der Waals surface area contributed by atoms with E-state index in [2.05, 4.69) is 9.97 Å². The number of aromatic nitrogens is 2. The molecule has 7 heteroatoms. The van der Waals surface area contributed by atoms with E-state index in [1.807, 2.05) is 49.0 Å². The summed E-state index contributed by atoms with van der Waals surface area (Å²) in [5.74, 6) is 2.47. The Morgan fingerprint density at radius 1 is 1.36 bits per heavy atom. The molecule has 3 heterocycles. The zero-order valence-electron chi connectivity index (χ0n) is 14.9. The summed E-state index contributed by atoms with van der Waals surface area (Å²) < 4.78 is 11.4. The molecule has 2 aromatic rings. The van der Waals surface area contributed by atoms with Gasteiger partial charge >= 0.3 is 0 Å². The van der Waals surface area contributed by atoms with E-state index in [-0.39, 0.29) is 12.0 Å². The van der Waals surface area contributed by atoms with Crippen LogP contribution in [-0.2, 0) is 16.0 Å². The van der Waals surface area contributed by atoms with Crippen LogP contribution in [0.25, 0.3) is 0 Å². The number of carbonyl (C=O) groups is 1. The van der Waals surface area contributed by atoms with Gasteiger partial charge in [0.2, 0.25) is 11.9 Å². The number of amides is 1. The van der Waals surface area contributed by atoms with Crippen LogP contribution < -0.4 is 4.90 Å². The Bertz CT molecular complexity index is 729. The molecule has 1 atom stereocenters. The molecule has 0 aliphatic carbocycles. The summed E-state index contributed by atoms with van der Waals surface area (Å²) in [5, 5.41) is 0. The van der Waals surface area contributed by atoms with Crippen LogP contribution in [0.1, 0.15) is 29.7 Å². The molecule has 1 fully saturated rings. The average Bonchev–Trinajstić information content (AvgIpc) is 3.05. The van der Waals surface area contributed by atoms with E-state index in [1.165, 1.54) is 0 Å². The van der Waals surface area contributed by atoms with Crippen molar-refractivity contribution in [2.24, 2.45) is 0 Å². The molecule has 1 aliphatic rings. The van der Waals surface area contributed by atoms with Gasteiger partial charge in [0.25, 0.3) is 0 Å². The summed E-state index contributed by atoms with van der Waals surface area (Å²) in [6.45, 7) is 3.54. The van der Waals surface area contributed by atoms with Gasteiger partial charge in [-0.1, -0.05) is 0 Å². The third kappa shape index (κ3) is 4.36. The predicted molar refractivity (Wildman–Crippen MR) is 93.4 cm³/mol. The highest BCUT2D eigenvalue weighted by atomic mass is 16.5. The zero-order valence-corrected chi connectivity index (χ0v) is 14.9. The van der Waals surface area contributed by atoms with Crippen LogP contribution in [0.2, 0.25) is 0 Å². The topological polar surface area (TPSA) is 71.7 Å². The van der Waals surface area contributed by atoms with Crippen molar-refractivity contribution in [3.63, 3.8) is 0 Å². The fraction of sp³-hybridized carbons (Fsp3) is 0.500. The molecule has 1 saturated heterocycles. The summed E-state index contributed by atoms with van der Waals surface area (Å²) in [6, 6.07) is 5.69. The number of ether oxygens (including phenoxy) is 1. The van der Waals surface area contributed by atoms with Gasteiger partial charge in [0.1, 0.15) is 17.6 Å². The summed E-state index contributed by atoms with van der Waals surface area (Å²) >= 11 is 0. The summed E-state index contributed by atoms with van der Waals surface area (Å²) in [4.78, 5) is 25.0. The van der Waals surface area contributed by atoms with Crippen LogP contribution in [0.3, 0.4) is 0 Å². The second-order valence-electron chi connectivity index (χ2n) is 6.39. The Labute approximate surface area is 147 Å². The first-order valence-corrected chi connectivity index (χ1v) is 8.48. The molecule has 1 amide bonds. The van der Waals surface area contributed by atoms with Crippen molar-refractivity contribution in [1.29, 1.82) is 0 Å². The Hall–Kier alpha value is -2.41. The molecule has 3 rings (SSSR count). The molecule has 0 saturated carbocycles. The van der Waals surface area contributed by atoms with Gasteiger partial charge in [-0.15, -0.1) is 0 Å². The molecule has 0 bridgehead atoms. The molecule has 0 aromatic carbocycles. The van der Waals surface area contributed by atoms with Gasteiger partial charge in [-0.05, 0) is 25.1 Å². The maximum Gasteiger partial charge on any atom is 0.225 e. The molecule has 1 aliphatic heterocycles. The van der Waals surface area contributed by atoms with Crippen LogP contribution >= 0.6 is 0 Å². The maximum atomic E-state index is 12.5. The average molecular weight is 344 g/mol. The maximum absolute atomic E-state index is 12.5. The molecular formula is C18H24N4O3. The first-order valence-electron chi connectivity index (χ1n) is 8.48. The quantitative estimate of drug-likeness (QED) is 0.826. The van der Waals surface area contributed by atoms with E-state index in [0.29, 0.717) is 38.5 Å². The second-order valence-corrected chi connectivity index (χ2v) is 6.39. The number of nitrogens with zero attached hydrogens (tertiary/aromatic N) is 4.